The highest BCUT2D eigenvalue weighted by Gasteiger charge is 2.18. The van der Waals surface area contributed by atoms with Gasteiger partial charge in [-0.2, -0.15) is 0 Å². The summed E-state index contributed by atoms with van der Waals surface area (Å²) >= 11 is 0. The predicted molar refractivity (Wildman–Crippen MR) is 213 cm³/mol. The van der Waals surface area contributed by atoms with E-state index in [0.717, 1.165) is 93.3 Å². The largest absolute Gasteiger partial charge is 0.256 e. The summed E-state index contributed by atoms with van der Waals surface area (Å²) in [6.07, 6.45) is 3.73. The monoisotopic (exact) mass is 661 g/mol. The molecule has 3 aromatic heterocycles. The molecule has 0 aliphatic heterocycles. The number of para-hydroxylation sites is 1. The van der Waals surface area contributed by atoms with Crippen molar-refractivity contribution < 1.29 is 0 Å². The van der Waals surface area contributed by atoms with Crippen LogP contribution in [0.25, 0.3) is 104 Å². The Morgan fingerprint density at radius 2 is 1.04 bits per heavy atom. The zero-order valence-corrected chi connectivity index (χ0v) is 27.8. The van der Waals surface area contributed by atoms with Gasteiger partial charge in [0.2, 0.25) is 0 Å². The number of hydrogen-bond donors (Lipinski definition) is 0. The molecule has 52 heavy (non-hydrogen) atoms. The summed E-state index contributed by atoms with van der Waals surface area (Å²) < 4.78 is 0. The van der Waals surface area contributed by atoms with Crippen molar-refractivity contribution in [3.8, 4) is 44.9 Å². The average molecular weight is 662 g/mol. The molecule has 5 nitrogen and oxygen atoms in total. The van der Waals surface area contributed by atoms with Crippen molar-refractivity contribution in [2.75, 3.05) is 0 Å². The van der Waals surface area contributed by atoms with Crippen LogP contribution in [-0.4, -0.2) is 19.9 Å². The second kappa shape index (κ2) is 11.9. The number of rotatable bonds is 4. The van der Waals surface area contributed by atoms with E-state index in [1.54, 1.807) is 0 Å². The van der Waals surface area contributed by atoms with Gasteiger partial charge in [-0.3, -0.25) is 9.97 Å². The van der Waals surface area contributed by atoms with Crippen LogP contribution in [-0.2, 0) is 0 Å². The van der Waals surface area contributed by atoms with E-state index in [4.69, 9.17) is 26.5 Å². The Morgan fingerprint density at radius 3 is 1.79 bits per heavy atom. The number of benzene rings is 7. The third-order valence-corrected chi connectivity index (χ3v) is 9.92. The van der Waals surface area contributed by atoms with E-state index in [0.29, 0.717) is 11.5 Å². The number of hydrogen-bond acceptors (Lipinski definition) is 4. The van der Waals surface area contributed by atoms with E-state index < -0.39 is 0 Å². The molecule has 0 saturated heterocycles. The molecule has 0 radical (unpaired) electrons. The van der Waals surface area contributed by atoms with Crippen LogP contribution in [0.1, 0.15) is 0 Å². The summed E-state index contributed by atoms with van der Waals surface area (Å²) in [6.45, 7) is 7.42. The van der Waals surface area contributed by atoms with Crippen LogP contribution in [0, 0.1) is 6.57 Å². The van der Waals surface area contributed by atoms with E-state index in [1.807, 2.05) is 73.1 Å². The lowest BCUT2D eigenvalue weighted by Gasteiger charge is -2.16. The second-order valence-electron chi connectivity index (χ2n) is 13.0. The lowest BCUT2D eigenvalue weighted by atomic mass is 9.90. The molecule has 0 aliphatic rings. The van der Waals surface area contributed by atoms with Crippen molar-refractivity contribution in [3.05, 3.63) is 175 Å². The highest BCUT2D eigenvalue weighted by atomic mass is 14.9. The zero-order valence-electron chi connectivity index (χ0n) is 27.8. The molecule has 240 valence electrons. The van der Waals surface area contributed by atoms with Crippen LogP contribution in [0.5, 0.6) is 0 Å². The lowest BCUT2D eigenvalue weighted by Crippen LogP contribution is -1.96. The lowest BCUT2D eigenvalue weighted by molar-refractivity contribution is 1.23. The Hall–Kier alpha value is -7.29. The van der Waals surface area contributed by atoms with Crippen LogP contribution < -0.4 is 0 Å². The number of pyridine rings is 2. The fourth-order valence-electron chi connectivity index (χ4n) is 7.46. The number of fused-ring (bicyclic) bond motifs is 7. The van der Waals surface area contributed by atoms with Crippen LogP contribution in [0.2, 0.25) is 0 Å². The van der Waals surface area contributed by atoms with Crippen molar-refractivity contribution in [2.24, 2.45) is 0 Å². The molecule has 0 fully saturated rings. The van der Waals surface area contributed by atoms with Crippen molar-refractivity contribution in [3.63, 3.8) is 0 Å². The fourth-order valence-corrected chi connectivity index (χ4v) is 7.46. The zero-order chi connectivity index (χ0) is 34.6. The highest BCUT2D eigenvalue weighted by molar-refractivity contribution is 6.22. The van der Waals surface area contributed by atoms with Gasteiger partial charge in [-0.1, -0.05) is 103 Å². The molecule has 0 unspecified atom stereocenters. The average Bonchev–Trinajstić information content (AvgIpc) is 3.22. The van der Waals surface area contributed by atoms with Gasteiger partial charge in [0.1, 0.15) is 0 Å². The standard InChI is InChI=1S/C47H27N5/c1-48-35-21-20-30-24-33(19-18-31(30)26-35)40-28-42-36-15-8-22-49-45(36)39(27-41(42)37-16-9-23-50-46(37)40)32-12-7-13-34(25-32)47-51-43-17-6-5-14-38(43)44(52-47)29-10-3-2-4-11-29/h2-28H. The molecule has 5 heteroatoms. The number of nitrogens with zero attached hydrogens (tertiary/aromatic N) is 5. The Morgan fingerprint density at radius 1 is 0.423 bits per heavy atom. The summed E-state index contributed by atoms with van der Waals surface area (Å²) in [5.41, 5.74) is 10.5. The van der Waals surface area contributed by atoms with Crippen molar-refractivity contribution in [2.45, 2.75) is 0 Å². The van der Waals surface area contributed by atoms with Crippen LogP contribution >= 0.6 is 0 Å². The quantitative estimate of drug-likeness (QED) is 0.139. The molecule has 7 aromatic carbocycles. The third-order valence-electron chi connectivity index (χ3n) is 9.92. The van der Waals surface area contributed by atoms with E-state index in [-0.39, 0.29) is 0 Å². The molecular formula is C47H27N5. The van der Waals surface area contributed by atoms with Gasteiger partial charge in [0.25, 0.3) is 0 Å². The van der Waals surface area contributed by atoms with Crippen LogP contribution in [0.15, 0.2) is 164 Å². The van der Waals surface area contributed by atoms with Gasteiger partial charge >= 0.3 is 0 Å². The van der Waals surface area contributed by atoms with Gasteiger partial charge in [0.15, 0.2) is 11.5 Å². The molecule has 0 aliphatic carbocycles. The third kappa shape index (κ3) is 4.86. The van der Waals surface area contributed by atoms with E-state index in [9.17, 15) is 0 Å². The molecule has 0 spiro atoms. The minimum absolute atomic E-state index is 0.639. The van der Waals surface area contributed by atoms with Crippen molar-refractivity contribution in [1.29, 1.82) is 0 Å². The van der Waals surface area contributed by atoms with Crippen LogP contribution in [0.3, 0.4) is 0 Å². The first-order chi connectivity index (χ1) is 25.7. The summed E-state index contributed by atoms with van der Waals surface area (Å²) in [4.78, 5) is 23.7. The van der Waals surface area contributed by atoms with Gasteiger partial charge in [-0.15, -0.1) is 0 Å². The van der Waals surface area contributed by atoms with Crippen molar-refractivity contribution >= 4 is 59.9 Å². The molecular weight excluding hydrogens is 635 g/mol. The molecule has 10 rings (SSSR count). The van der Waals surface area contributed by atoms with E-state index >= 15 is 0 Å². The Balaban J connectivity index is 1.18. The maximum absolute atomic E-state index is 7.42. The molecule has 0 atom stereocenters. The highest BCUT2D eigenvalue weighted by Crippen LogP contribution is 2.42. The summed E-state index contributed by atoms with van der Waals surface area (Å²) in [5, 5.41) is 7.53. The van der Waals surface area contributed by atoms with Gasteiger partial charge in [-0.05, 0) is 81.2 Å². The molecule has 0 amide bonds. The maximum Gasteiger partial charge on any atom is 0.187 e. The molecule has 10 aromatic rings. The minimum atomic E-state index is 0.639. The Labute approximate surface area is 299 Å². The predicted octanol–water partition coefficient (Wildman–Crippen LogP) is 12.3. The van der Waals surface area contributed by atoms with Gasteiger partial charge in [-0.25, -0.2) is 14.8 Å². The topological polar surface area (TPSA) is 55.9 Å². The van der Waals surface area contributed by atoms with Crippen molar-refractivity contribution in [1.82, 2.24) is 19.9 Å². The fraction of sp³-hybridized carbons (Fsp3) is 0. The Kier molecular flexibility index (Phi) is 6.80. The van der Waals surface area contributed by atoms with E-state index in [1.165, 1.54) is 0 Å². The summed E-state index contributed by atoms with van der Waals surface area (Å²) in [7, 11) is 0. The molecule has 3 heterocycles. The Bertz CT molecular complexity index is 3090. The van der Waals surface area contributed by atoms with Gasteiger partial charge in [0.05, 0.1) is 28.8 Å². The molecule has 0 bridgehead atoms. The first kappa shape index (κ1) is 29.6. The number of aromatic nitrogens is 4. The van der Waals surface area contributed by atoms with E-state index in [2.05, 4.69) is 95.8 Å². The second-order valence-corrected chi connectivity index (χ2v) is 13.0. The minimum Gasteiger partial charge on any atom is -0.256 e. The van der Waals surface area contributed by atoms with Crippen LogP contribution in [0.4, 0.5) is 5.69 Å². The molecule has 0 saturated carbocycles. The first-order valence-corrected chi connectivity index (χ1v) is 17.2. The van der Waals surface area contributed by atoms with Gasteiger partial charge < -0.3 is 0 Å². The first-order valence-electron chi connectivity index (χ1n) is 17.2. The smallest absolute Gasteiger partial charge is 0.187 e. The van der Waals surface area contributed by atoms with Gasteiger partial charge in [0, 0.05) is 50.8 Å². The summed E-state index contributed by atoms with van der Waals surface area (Å²) in [5.74, 6) is 0.678. The maximum atomic E-state index is 7.42. The molecule has 0 N–H and O–H groups in total. The normalized spacial score (nSPS) is 11.4. The SMILES string of the molecule is [C-]#[N+]c1ccc2cc(-c3cc4c5cccnc5c(-c5cccc(-c6nc(-c7ccccc7)c7ccccc7n6)c5)cc4c4cccnc34)ccc2c1. The summed E-state index contributed by atoms with van der Waals surface area (Å²) in [6, 6.07) is 52.1.